The molecular formula is C13H28N2O. The molecule has 0 heterocycles. The molecule has 1 rings (SSSR count). The van der Waals surface area contributed by atoms with Crippen LogP contribution in [-0.4, -0.2) is 48.3 Å². The average molecular weight is 228 g/mol. The first kappa shape index (κ1) is 13.9. The third-order valence-electron chi connectivity index (χ3n) is 2.98. The molecule has 0 amide bonds. The lowest BCUT2D eigenvalue weighted by molar-refractivity contribution is 0.107. The van der Waals surface area contributed by atoms with Gasteiger partial charge in [0, 0.05) is 25.7 Å². The van der Waals surface area contributed by atoms with Crippen molar-refractivity contribution in [3.8, 4) is 0 Å². The lowest BCUT2D eigenvalue weighted by atomic mass is 10.2. The summed E-state index contributed by atoms with van der Waals surface area (Å²) in [5, 5.41) is 13.2. The van der Waals surface area contributed by atoms with Crippen molar-refractivity contribution < 1.29 is 5.11 Å². The van der Waals surface area contributed by atoms with Crippen molar-refractivity contribution >= 4 is 0 Å². The van der Waals surface area contributed by atoms with E-state index in [0.717, 1.165) is 19.0 Å². The molecule has 3 nitrogen and oxygen atoms in total. The molecule has 1 aliphatic rings. The Hall–Kier alpha value is -0.120. The fraction of sp³-hybridized carbons (Fsp3) is 1.00. The molecule has 0 aromatic carbocycles. The van der Waals surface area contributed by atoms with Crippen LogP contribution in [0.4, 0.5) is 0 Å². The maximum absolute atomic E-state index is 9.92. The van der Waals surface area contributed by atoms with Gasteiger partial charge in [-0.2, -0.15) is 0 Å². The third kappa shape index (κ3) is 6.46. The van der Waals surface area contributed by atoms with Crippen molar-refractivity contribution in [1.82, 2.24) is 10.2 Å². The van der Waals surface area contributed by atoms with Crippen LogP contribution >= 0.6 is 0 Å². The Bertz CT molecular complexity index is 181. The highest BCUT2D eigenvalue weighted by Crippen LogP contribution is 2.29. The first-order chi connectivity index (χ1) is 7.61. The minimum atomic E-state index is -0.229. The molecule has 0 bridgehead atoms. The van der Waals surface area contributed by atoms with Gasteiger partial charge in [0.1, 0.15) is 0 Å². The zero-order chi connectivity index (χ0) is 12.0. The SMILES string of the molecule is CCCN(CC(O)CNC(C)C)CC1CC1. The maximum atomic E-state index is 9.92. The molecule has 0 radical (unpaired) electrons. The second-order valence-electron chi connectivity index (χ2n) is 5.42. The summed E-state index contributed by atoms with van der Waals surface area (Å²) in [6.45, 7) is 10.3. The van der Waals surface area contributed by atoms with Crippen LogP contribution in [0.25, 0.3) is 0 Å². The second kappa shape index (κ2) is 7.25. The summed E-state index contributed by atoms with van der Waals surface area (Å²) in [4.78, 5) is 2.42. The smallest absolute Gasteiger partial charge is 0.0791 e. The first-order valence-electron chi connectivity index (χ1n) is 6.75. The van der Waals surface area contributed by atoms with Crippen molar-refractivity contribution in [2.75, 3.05) is 26.2 Å². The molecule has 1 atom stereocenters. The molecule has 1 aliphatic carbocycles. The van der Waals surface area contributed by atoms with Gasteiger partial charge in [-0.1, -0.05) is 20.8 Å². The monoisotopic (exact) mass is 228 g/mol. The summed E-state index contributed by atoms with van der Waals surface area (Å²) in [6.07, 6.45) is 3.73. The van der Waals surface area contributed by atoms with E-state index >= 15 is 0 Å². The largest absolute Gasteiger partial charge is 0.390 e. The molecule has 1 unspecified atom stereocenters. The van der Waals surface area contributed by atoms with Gasteiger partial charge in [0.15, 0.2) is 0 Å². The lowest BCUT2D eigenvalue weighted by Gasteiger charge is -2.25. The molecule has 0 aromatic heterocycles. The van der Waals surface area contributed by atoms with Crippen LogP contribution in [0.5, 0.6) is 0 Å². The van der Waals surface area contributed by atoms with Crippen LogP contribution in [0.3, 0.4) is 0 Å². The fourth-order valence-electron chi connectivity index (χ4n) is 1.97. The summed E-state index contributed by atoms with van der Waals surface area (Å²) in [5.74, 6) is 0.914. The zero-order valence-electron chi connectivity index (χ0n) is 11.1. The van der Waals surface area contributed by atoms with E-state index in [1.165, 1.54) is 25.8 Å². The van der Waals surface area contributed by atoms with Crippen LogP contribution in [-0.2, 0) is 0 Å². The van der Waals surface area contributed by atoms with Crippen molar-refractivity contribution in [2.45, 2.75) is 52.2 Å². The predicted octanol–water partition coefficient (Wildman–Crippen LogP) is 1.47. The van der Waals surface area contributed by atoms with Crippen LogP contribution in [0.2, 0.25) is 0 Å². The molecule has 2 N–H and O–H groups in total. The molecule has 1 fully saturated rings. The molecular weight excluding hydrogens is 200 g/mol. The number of nitrogens with one attached hydrogen (secondary N) is 1. The van der Waals surface area contributed by atoms with Gasteiger partial charge in [0.2, 0.25) is 0 Å². The van der Waals surface area contributed by atoms with Gasteiger partial charge in [0.05, 0.1) is 6.10 Å². The van der Waals surface area contributed by atoms with Crippen molar-refractivity contribution in [1.29, 1.82) is 0 Å². The highest BCUT2D eigenvalue weighted by Gasteiger charge is 2.24. The Kier molecular flexibility index (Phi) is 6.32. The number of nitrogens with zero attached hydrogens (tertiary/aromatic N) is 1. The van der Waals surface area contributed by atoms with Gasteiger partial charge >= 0.3 is 0 Å². The molecule has 0 spiro atoms. The van der Waals surface area contributed by atoms with Gasteiger partial charge in [-0.15, -0.1) is 0 Å². The van der Waals surface area contributed by atoms with E-state index in [4.69, 9.17) is 0 Å². The fourth-order valence-corrected chi connectivity index (χ4v) is 1.97. The topological polar surface area (TPSA) is 35.5 Å². The number of aliphatic hydroxyl groups excluding tert-OH is 1. The van der Waals surface area contributed by atoms with Crippen LogP contribution in [0.15, 0.2) is 0 Å². The van der Waals surface area contributed by atoms with Crippen LogP contribution in [0.1, 0.15) is 40.0 Å². The number of hydrogen-bond donors (Lipinski definition) is 2. The van der Waals surface area contributed by atoms with E-state index in [1.54, 1.807) is 0 Å². The Morgan fingerprint density at radius 1 is 1.38 bits per heavy atom. The maximum Gasteiger partial charge on any atom is 0.0791 e. The quantitative estimate of drug-likeness (QED) is 0.627. The second-order valence-corrected chi connectivity index (χ2v) is 5.42. The standard InChI is InChI=1S/C13H28N2O/c1-4-7-15(9-12-5-6-12)10-13(16)8-14-11(2)3/h11-14,16H,4-10H2,1-3H3. The highest BCUT2D eigenvalue weighted by atomic mass is 16.3. The summed E-state index contributed by atoms with van der Waals surface area (Å²) < 4.78 is 0. The molecule has 16 heavy (non-hydrogen) atoms. The molecule has 0 aliphatic heterocycles. The highest BCUT2D eigenvalue weighted by molar-refractivity contribution is 4.78. The van der Waals surface area contributed by atoms with E-state index in [1.807, 2.05) is 0 Å². The van der Waals surface area contributed by atoms with Crippen LogP contribution < -0.4 is 5.32 Å². The number of aliphatic hydroxyl groups is 1. The summed E-state index contributed by atoms with van der Waals surface area (Å²) in [7, 11) is 0. The number of hydrogen-bond acceptors (Lipinski definition) is 3. The van der Waals surface area contributed by atoms with Gasteiger partial charge < -0.3 is 15.3 Å². The van der Waals surface area contributed by atoms with Gasteiger partial charge in [-0.05, 0) is 31.7 Å². The Morgan fingerprint density at radius 2 is 2.06 bits per heavy atom. The van der Waals surface area contributed by atoms with E-state index in [9.17, 15) is 5.11 Å². The predicted molar refractivity (Wildman–Crippen MR) is 68.6 cm³/mol. The Morgan fingerprint density at radius 3 is 2.56 bits per heavy atom. The molecule has 1 saturated carbocycles. The van der Waals surface area contributed by atoms with Crippen molar-refractivity contribution in [3.63, 3.8) is 0 Å². The Labute approximate surface area is 100 Å². The molecule has 0 aromatic rings. The summed E-state index contributed by atoms with van der Waals surface area (Å²) >= 11 is 0. The summed E-state index contributed by atoms with van der Waals surface area (Å²) in [6, 6.07) is 0.456. The first-order valence-corrected chi connectivity index (χ1v) is 6.75. The summed E-state index contributed by atoms with van der Waals surface area (Å²) in [5.41, 5.74) is 0. The normalized spacial score (nSPS) is 18.4. The third-order valence-corrected chi connectivity index (χ3v) is 2.98. The molecule has 3 heteroatoms. The van der Waals surface area contributed by atoms with Crippen molar-refractivity contribution in [2.24, 2.45) is 5.92 Å². The van der Waals surface area contributed by atoms with Gasteiger partial charge in [0.25, 0.3) is 0 Å². The van der Waals surface area contributed by atoms with Gasteiger partial charge in [-0.3, -0.25) is 0 Å². The van der Waals surface area contributed by atoms with Gasteiger partial charge in [-0.25, -0.2) is 0 Å². The zero-order valence-corrected chi connectivity index (χ0v) is 11.1. The number of rotatable bonds is 9. The van der Waals surface area contributed by atoms with Crippen molar-refractivity contribution in [3.05, 3.63) is 0 Å². The minimum Gasteiger partial charge on any atom is -0.390 e. The minimum absolute atomic E-state index is 0.229. The van der Waals surface area contributed by atoms with E-state index in [0.29, 0.717) is 12.6 Å². The molecule has 96 valence electrons. The van der Waals surface area contributed by atoms with E-state index in [-0.39, 0.29) is 6.10 Å². The van der Waals surface area contributed by atoms with E-state index < -0.39 is 0 Å². The van der Waals surface area contributed by atoms with Crippen LogP contribution in [0, 0.1) is 5.92 Å². The Balaban J connectivity index is 2.17. The molecule has 0 saturated heterocycles. The average Bonchev–Trinajstić information content (AvgIpc) is 2.99. The lowest BCUT2D eigenvalue weighted by Crippen LogP contribution is -2.41. The van der Waals surface area contributed by atoms with E-state index in [2.05, 4.69) is 31.0 Å².